The van der Waals surface area contributed by atoms with E-state index in [4.69, 9.17) is 10.5 Å². The zero-order valence-corrected chi connectivity index (χ0v) is 25.1. The van der Waals surface area contributed by atoms with Crippen molar-refractivity contribution in [3.63, 3.8) is 0 Å². The Morgan fingerprint density at radius 1 is 0.952 bits per heavy atom. The number of rotatable bonds is 11. The van der Waals surface area contributed by atoms with Gasteiger partial charge in [0.05, 0.1) is 13.0 Å². The molecule has 0 aliphatic carbocycles. The van der Waals surface area contributed by atoms with Crippen LogP contribution in [0.2, 0.25) is 0 Å². The third-order valence-corrected chi connectivity index (χ3v) is 9.23. The van der Waals surface area contributed by atoms with Gasteiger partial charge in [0.1, 0.15) is 11.8 Å². The van der Waals surface area contributed by atoms with E-state index < -0.39 is 11.9 Å². The minimum Gasteiger partial charge on any atom is -0.496 e. The van der Waals surface area contributed by atoms with Crippen LogP contribution >= 0.6 is 0 Å². The molecule has 3 aromatic carbocycles. The molecule has 3 heterocycles. The highest BCUT2D eigenvalue weighted by Gasteiger charge is 2.52. The van der Waals surface area contributed by atoms with Crippen molar-refractivity contribution in [2.45, 2.75) is 63.7 Å². The lowest BCUT2D eigenvalue weighted by atomic mass is 9.66. The number of nitrogens with zero attached hydrogens (tertiary/aromatic N) is 1. The molecule has 2 amide bonds. The predicted molar refractivity (Wildman–Crippen MR) is 166 cm³/mol. The van der Waals surface area contributed by atoms with Crippen LogP contribution in [0.25, 0.3) is 0 Å². The molecule has 3 fully saturated rings. The molecular weight excluding hydrogens is 524 g/mol. The summed E-state index contributed by atoms with van der Waals surface area (Å²) in [6, 6.07) is 27.3. The summed E-state index contributed by atoms with van der Waals surface area (Å²) < 4.78 is 5.76. The molecule has 7 nitrogen and oxygen atoms in total. The van der Waals surface area contributed by atoms with Crippen molar-refractivity contribution in [2.75, 3.05) is 20.2 Å². The van der Waals surface area contributed by atoms with Crippen molar-refractivity contribution in [3.05, 3.63) is 101 Å². The highest BCUT2D eigenvalue weighted by atomic mass is 16.5. The van der Waals surface area contributed by atoms with Crippen LogP contribution in [0.3, 0.4) is 0 Å². The zero-order valence-electron chi connectivity index (χ0n) is 25.1. The monoisotopic (exact) mass is 568 g/mol. The maximum absolute atomic E-state index is 13.6. The van der Waals surface area contributed by atoms with Crippen LogP contribution in [0.15, 0.2) is 78.9 Å². The number of amides is 2. The van der Waals surface area contributed by atoms with Gasteiger partial charge in [-0.2, -0.15) is 0 Å². The number of carbonyl (C=O) groups is 2. The lowest BCUT2D eigenvalue weighted by Crippen LogP contribution is -2.69. The summed E-state index contributed by atoms with van der Waals surface area (Å²) in [7, 11) is 1.71. The zero-order chi connectivity index (χ0) is 29.8. The van der Waals surface area contributed by atoms with E-state index in [0.717, 1.165) is 24.3 Å². The Balaban J connectivity index is 1.53. The quantitative estimate of drug-likeness (QED) is 0.318. The molecule has 3 aromatic rings. The third-order valence-electron chi connectivity index (χ3n) is 9.23. The van der Waals surface area contributed by atoms with Gasteiger partial charge < -0.3 is 21.1 Å². The molecule has 0 spiro atoms. The second-order valence-corrected chi connectivity index (χ2v) is 12.1. The number of fused-ring (bicyclic) bond motifs is 3. The minimum absolute atomic E-state index is 0.0185. The number of nitrogens with two attached hydrogens (primary N) is 1. The summed E-state index contributed by atoms with van der Waals surface area (Å²) in [5, 5.41) is 6.83. The summed E-state index contributed by atoms with van der Waals surface area (Å²) in [5.74, 6) is 0.598. The number of piperidine rings is 3. The molecule has 3 saturated heterocycles. The van der Waals surface area contributed by atoms with Gasteiger partial charge in [0.15, 0.2) is 0 Å². The van der Waals surface area contributed by atoms with Crippen molar-refractivity contribution in [3.8, 4) is 5.75 Å². The summed E-state index contributed by atoms with van der Waals surface area (Å²) in [6.07, 6.45) is 0.899. The number of ether oxygens (including phenoxy) is 1. The average molecular weight is 569 g/mol. The number of hydrogen-bond donors (Lipinski definition) is 3. The molecule has 222 valence electrons. The van der Waals surface area contributed by atoms with Gasteiger partial charge in [-0.15, -0.1) is 0 Å². The fourth-order valence-corrected chi connectivity index (χ4v) is 6.97. The van der Waals surface area contributed by atoms with Gasteiger partial charge in [-0.3, -0.25) is 14.5 Å². The normalized spacial score (nSPS) is 24.0. The Bertz CT molecular complexity index is 1320. The second kappa shape index (κ2) is 13.1. The number of benzene rings is 3. The number of carbonyl (C=O) groups excluding carboxylic acids is 2. The molecule has 3 aliphatic rings. The van der Waals surface area contributed by atoms with E-state index in [0.29, 0.717) is 19.0 Å². The first-order valence-corrected chi connectivity index (χ1v) is 15.1. The smallest absolute Gasteiger partial charge is 0.239 e. The first-order chi connectivity index (χ1) is 20.3. The maximum Gasteiger partial charge on any atom is 0.239 e. The van der Waals surface area contributed by atoms with Crippen LogP contribution in [0.5, 0.6) is 5.75 Å². The standard InChI is InChI=1S/C35H44N4O3/c1-22(2)26-15-16-30(42-4)27(19-26)20-37-32-28-17-18-39(21-29(28)35(41)38-23(3)34(36)40)33(32)31(24-11-7-5-8-12-24)25-13-9-6-10-14-25/h5-16,19,22-23,28-29,31-33,37H,17-18,20-21H2,1-4H3,(H2,36,40)(H,38,41)/t23?,28-,29-,32-,33-/m0/s1. The SMILES string of the molecule is COc1ccc(C(C)C)cc1CN[C@H]1[C@H]2CCN(C[C@@H]2C(=O)NC(C)C(N)=O)[C@H]1C(c1ccccc1)c1ccccc1. The fourth-order valence-electron chi connectivity index (χ4n) is 6.97. The largest absolute Gasteiger partial charge is 0.496 e. The topological polar surface area (TPSA) is 96.7 Å². The minimum atomic E-state index is -0.709. The molecule has 4 N–H and O–H groups in total. The molecule has 0 radical (unpaired) electrons. The van der Waals surface area contributed by atoms with Gasteiger partial charge in [-0.05, 0) is 54.5 Å². The van der Waals surface area contributed by atoms with E-state index in [1.165, 1.54) is 16.7 Å². The highest BCUT2D eigenvalue weighted by molar-refractivity contribution is 5.87. The van der Waals surface area contributed by atoms with Crippen molar-refractivity contribution in [1.29, 1.82) is 0 Å². The summed E-state index contributed by atoms with van der Waals surface area (Å²) in [5.41, 5.74) is 10.4. The highest BCUT2D eigenvalue weighted by Crippen LogP contribution is 2.44. The van der Waals surface area contributed by atoms with E-state index in [-0.39, 0.29) is 35.7 Å². The molecule has 3 aliphatic heterocycles. The van der Waals surface area contributed by atoms with Crippen LogP contribution < -0.4 is 21.1 Å². The Labute approximate surface area is 249 Å². The van der Waals surface area contributed by atoms with E-state index in [2.05, 4.69) is 108 Å². The number of primary amides is 1. The van der Waals surface area contributed by atoms with Crippen molar-refractivity contribution in [2.24, 2.45) is 17.6 Å². The molecular formula is C35H44N4O3. The van der Waals surface area contributed by atoms with E-state index in [1.807, 2.05) is 0 Å². The third kappa shape index (κ3) is 6.22. The van der Waals surface area contributed by atoms with Crippen LogP contribution in [0, 0.1) is 11.8 Å². The number of hydrogen-bond acceptors (Lipinski definition) is 5. The van der Waals surface area contributed by atoms with E-state index in [1.54, 1.807) is 14.0 Å². The number of nitrogens with one attached hydrogen (secondary N) is 2. The van der Waals surface area contributed by atoms with Gasteiger partial charge >= 0.3 is 0 Å². The molecule has 6 rings (SSSR count). The molecule has 0 aromatic heterocycles. The summed E-state index contributed by atoms with van der Waals surface area (Å²) in [6.45, 7) is 8.23. The number of methoxy groups -OCH3 is 1. The Morgan fingerprint density at radius 2 is 1.60 bits per heavy atom. The lowest BCUT2D eigenvalue weighted by molar-refractivity contribution is -0.138. The van der Waals surface area contributed by atoms with E-state index in [9.17, 15) is 9.59 Å². The first kappa shape index (κ1) is 29.8. The molecule has 6 atom stereocenters. The Hall–Kier alpha value is -3.68. The van der Waals surface area contributed by atoms with Crippen molar-refractivity contribution < 1.29 is 14.3 Å². The van der Waals surface area contributed by atoms with Crippen molar-refractivity contribution >= 4 is 11.8 Å². The van der Waals surface area contributed by atoms with Crippen molar-refractivity contribution in [1.82, 2.24) is 15.5 Å². The maximum atomic E-state index is 13.6. The Kier molecular flexibility index (Phi) is 9.29. The van der Waals surface area contributed by atoms with Gasteiger partial charge in [0.25, 0.3) is 0 Å². The first-order valence-electron chi connectivity index (χ1n) is 15.1. The molecule has 7 heteroatoms. The molecule has 2 bridgehead atoms. The molecule has 2 unspecified atom stereocenters. The molecule has 0 saturated carbocycles. The van der Waals surface area contributed by atoms with Gasteiger partial charge in [-0.1, -0.05) is 86.6 Å². The van der Waals surface area contributed by atoms with Crippen LogP contribution in [-0.2, 0) is 16.1 Å². The molecule has 42 heavy (non-hydrogen) atoms. The second-order valence-electron chi connectivity index (χ2n) is 12.1. The van der Waals surface area contributed by atoms with Gasteiger partial charge in [0.2, 0.25) is 11.8 Å². The summed E-state index contributed by atoms with van der Waals surface area (Å²) >= 11 is 0. The van der Waals surface area contributed by atoms with Gasteiger partial charge in [0, 0.05) is 36.7 Å². The van der Waals surface area contributed by atoms with Crippen LogP contribution in [-0.4, -0.2) is 55.0 Å². The average Bonchev–Trinajstić information content (AvgIpc) is 3.01. The Morgan fingerprint density at radius 3 is 2.17 bits per heavy atom. The van der Waals surface area contributed by atoms with Crippen LogP contribution in [0.4, 0.5) is 0 Å². The van der Waals surface area contributed by atoms with E-state index >= 15 is 0 Å². The lowest BCUT2D eigenvalue weighted by Gasteiger charge is -2.56. The van der Waals surface area contributed by atoms with Gasteiger partial charge in [-0.25, -0.2) is 0 Å². The fraction of sp³-hybridized carbons (Fsp3) is 0.429. The van der Waals surface area contributed by atoms with Crippen LogP contribution in [0.1, 0.15) is 61.3 Å². The summed E-state index contributed by atoms with van der Waals surface area (Å²) in [4.78, 5) is 27.8. The predicted octanol–water partition coefficient (Wildman–Crippen LogP) is 4.42.